The molecule has 0 aliphatic heterocycles. The lowest BCUT2D eigenvalue weighted by molar-refractivity contribution is -0.151. The van der Waals surface area contributed by atoms with Gasteiger partial charge in [0, 0.05) is 5.92 Å². The molecule has 0 bridgehead atoms. The van der Waals surface area contributed by atoms with Crippen molar-refractivity contribution in [1.29, 1.82) is 0 Å². The molecule has 0 amide bonds. The largest absolute Gasteiger partial charge is 0.465 e. The van der Waals surface area contributed by atoms with E-state index in [-0.39, 0.29) is 37.6 Å². The summed E-state index contributed by atoms with van der Waals surface area (Å²) in [4.78, 5) is 12.1. The highest BCUT2D eigenvalue weighted by Gasteiger charge is 2.20. The van der Waals surface area contributed by atoms with Crippen molar-refractivity contribution < 1.29 is 19.7 Å². The Morgan fingerprint density at radius 1 is 0.950 bits per heavy atom. The maximum absolute atomic E-state index is 12.1. The van der Waals surface area contributed by atoms with Gasteiger partial charge in [-0.2, -0.15) is 0 Å². The van der Waals surface area contributed by atoms with Crippen LogP contribution in [0.15, 0.2) is 0 Å². The molecule has 20 heavy (non-hydrogen) atoms. The van der Waals surface area contributed by atoms with Gasteiger partial charge in [0.25, 0.3) is 0 Å². The van der Waals surface area contributed by atoms with Crippen molar-refractivity contribution in [3.8, 4) is 0 Å². The van der Waals surface area contributed by atoms with Gasteiger partial charge in [-0.1, -0.05) is 52.4 Å². The molecule has 0 heterocycles. The Hall–Kier alpha value is -0.610. The molecule has 0 rings (SSSR count). The number of unbranched alkanes of at least 4 members (excludes halogenated alkanes) is 4. The van der Waals surface area contributed by atoms with Crippen LogP contribution in [-0.4, -0.2) is 36.0 Å². The number of carbonyl (C=O) groups is 1. The number of esters is 1. The molecule has 120 valence electrons. The van der Waals surface area contributed by atoms with E-state index < -0.39 is 0 Å². The van der Waals surface area contributed by atoms with Crippen LogP contribution in [0, 0.1) is 11.8 Å². The van der Waals surface area contributed by atoms with Crippen LogP contribution in [0.25, 0.3) is 0 Å². The lowest BCUT2D eigenvalue weighted by Gasteiger charge is -2.18. The molecule has 0 fully saturated rings. The SMILES string of the molecule is CCCCCCC(CCCC)C(=O)OCC(CO)CO. The standard InChI is InChI=1S/C16H32O4/c1-3-5-7-8-10-15(9-6-4-2)16(19)20-13-14(11-17)12-18/h14-15,17-18H,3-13H2,1-2H3. The van der Waals surface area contributed by atoms with Crippen LogP contribution in [0.1, 0.15) is 65.2 Å². The van der Waals surface area contributed by atoms with Gasteiger partial charge in [0.1, 0.15) is 0 Å². The highest BCUT2D eigenvalue weighted by Crippen LogP contribution is 2.19. The van der Waals surface area contributed by atoms with E-state index in [4.69, 9.17) is 14.9 Å². The second-order valence-electron chi connectivity index (χ2n) is 5.55. The monoisotopic (exact) mass is 288 g/mol. The Kier molecular flexibility index (Phi) is 13.0. The fourth-order valence-corrected chi connectivity index (χ4v) is 2.13. The Labute approximate surface area is 123 Å². The summed E-state index contributed by atoms with van der Waals surface area (Å²) in [5.74, 6) is -0.544. The molecular weight excluding hydrogens is 256 g/mol. The van der Waals surface area contributed by atoms with E-state index in [2.05, 4.69) is 13.8 Å². The Morgan fingerprint density at radius 2 is 1.55 bits per heavy atom. The van der Waals surface area contributed by atoms with Gasteiger partial charge in [-0.15, -0.1) is 0 Å². The molecule has 0 spiro atoms. The molecule has 0 aromatic rings. The highest BCUT2D eigenvalue weighted by molar-refractivity contribution is 5.72. The minimum atomic E-state index is -0.356. The minimum absolute atomic E-state index is 0.0233. The maximum atomic E-state index is 12.1. The van der Waals surface area contributed by atoms with Crippen molar-refractivity contribution in [3.05, 3.63) is 0 Å². The van der Waals surface area contributed by atoms with E-state index in [1.165, 1.54) is 19.3 Å². The minimum Gasteiger partial charge on any atom is -0.465 e. The average Bonchev–Trinajstić information content (AvgIpc) is 2.47. The molecule has 0 radical (unpaired) electrons. The van der Waals surface area contributed by atoms with Gasteiger partial charge in [-0.25, -0.2) is 0 Å². The molecule has 2 N–H and O–H groups in total. The summed E-state index contributed by atoms with van der Waals surface area (Å²) in [6.07, 6.45) is 8.53. The Bertz CT molecular complexity index is 227. The molecule has 4 nitrogen and oxygen atoms in total. The molecule has 1 atom stereocenters. The number of hydrogen-bond donors (Lipinski definition) is 2. The third-order valence-electron chi connectivity index (χ3n) is 3.62. The van der Waals surface area contributed by atoms with Gasteiger partial charge in [-0.3, -0.25) is 4.79 Å². The second kappa shape index (κ2) is 13.4. The van der Waals surface area contributed by atoms with Crippen molar-refractivity contribution in [2.45, 2.75) is 65.2 Å². The molecular formula is C16H32O4. The highest BCUT2D eigenvalue weighted by atomic mass is 16.5. The predicted octanol–water partition coefficient (Wildman–Crippen LogP) is 2.91. The Balaban J connectivity index is 4.11. The zero-order valence-electron chi connectivity index (χ0n) is 13.1. The van der Waals surface area contributed by atoms with Crippen molar-refractivity contribution >= 4 is 5.97 Å². The van der Waals surface area contributed by atoms with E-state index in [0.717, 1.165) is 32.1 Å². The summed E-state index contributed by atoms with van der Waals surface area (Å²) in [6.45, 7) is 4.10. The van der Waals surface area contributed by atoms with Gasteiger partial charge in [0.05, 0.1) is 25.7 Å². The van der Waals surface area contributed by atoms with E-state index >= 15 is 0 Å². The third-order valence-corrected chi connectivity index (χ3v) is 3.62. The zero-order valence-corrected chi connectivity index (χ0v) is 13.1. The smallest absolute Gasteiger partial charge is 0.308 e. The molecule has 0 aromatic carbocycles. The summed E-state index contributed by atoms with van der Waals surface area (Å²) in [7, 11) is 0. The lowest BCUT2D eigenvalue weighted by atomic mass is 9.95. The first-order valence-corrected chi connectivity index (χ1v) is 8.07. The van der Waals surface area contributed by atoms with E-state index in [9.17, 15) is 4.79 Å². The van der Waals surface area contributed by atoms with E-state index in [0.29, 0.717) is 0 Å². The molecule has 0 aliphatic rings. The quantitative estimate of drug-likeness (QED) is 0.404. The van der Waals surface area contributed by atoms with Gasteiger partial charge in [-0.05, 0) is 12.8 Å². The van der Waals surface area contributed by atoms with Crippen LogP contribution in [0.5, 0.6) is 0 Å². The van der Waals surface area contributed by atoms with Crippen molar-refractivity contribution in [3.63, 3.8) is 0 Å². The average molecular weight is 288 g/mol. The molecule has 1 unspecified atom stereocenters. The van der Waals surface area contributed by atoms with Crippen LogP contribution < -0.4 is 0 Å². The molecule has 4 heteroatoms. The summed E-state index contributed by atoms with van der Waals surface area (Å²) in [5, 5.41) is 17.9. The molecule has 0 aliphatic carbocycles. The normalized spacial score (nSPS) is 12.7. The number of ether oxygens (including phenoxy) is 1. The Morgan fingerprint density at radius 3 is 2.10 bits per heavy atom. The van der Waals surface area contributed by atoms with Crippen LogP contribution in [0.4, 0.5) is 0 Å². The fraction of sp³-hybridized carbons (Fsp3) is 0.938. The van der Waals surface area contributed by atoms with Crippen LogP contribution in [0.3, 0.4) is 0 Å². The topological polar surface area (TPSA) is 66.8 Å². The van der Waals surface area contributed by atoms with Crippen molar-refractivity contribution in [2.24, 2.45) is 11.8 Å². The van der Waals surface area contributed by atoms with Crippen LogP contribution in [0.2, 0.25) is 0 Å². The van der Waals surface area contributed by atoms with E-state index in [1.54, 1.807) is 0 Å². The lowest BCUT2D eigenvalue weighted by Crippen LogP contribution is -2.24. The van der Waals surface area contributed by atoms with Crippen molar-refractivity contribution in [1.82, 2.24) is 0 Å². The number of aliphatic hydroxyl groups excluding tert-OH is 2. The number of carbonyl (C=O) groups excluding carboxylic acids is 1. The molecule has 0 saturated carbocycles. The molecule has 0 aromatic heterocycles. The summed E-state index contributed by atoms with van der Waals surface area (Å²) in [6, 6.07) is 0. The zero-order chi connectivity index (χ0) is 15.2. The van der Waals surface area contributed by atoms with Crippen LogP contribution >= 0.6 is 0 Å². The van der Waals surface area contributed by atoms with Gasteiger partial charge >= 0.3 is 5.97 Å². The van der Waals surface area contributed by atoms with Crippen LogP contribution in [-0.2, 0) is 9.53 Å². The predicted molar refractivity (Wildman–Crippen MR) is 80.4 cm³/mol. The van der Waals surface area contributed by atoms with Gasteiger partial charge < -0.3 is 14.9 Å². The first-order valence-electron chi connectivity index (χ1n) is 8.07. The summed E-state index contributed by atoms with van der Waals surface area (Å²) >= 11 is 0. The number of hydrogen-bond acceptors (Lipinski definition) is 4. The first-order chi connectivity index (χ1) is 9.69. The fourth-order valence-electron chi connectivity index (χ4n) is 2.13. The van der Waals surface area contributed by atoms with Gasteiger partial charge in [0.2, 0.25) is 0 Å². The first kappa shape index (κ1) is 19.4. The third kappa shape index (κ3) is 9.32. The second-order valence-corrected chi connectivity index (χ2v) is 5.55. The number of rotatable bonds is 13. The van der Waals surface area contributed by atoms with Gasteiger partial charge in [0.15, 0.2) is 0 Å². The molecule has 0 saturated heterocycles. The van der Waals surface area contributed by atoms with E-state index in [1.807, 2.05) is 0 Å². The summed E-state index contributed by atoms with van der Waals surface area (Å²) < 4.78 is 5.24. The van der Waals surface area contributed by atoms with Crippen molar-refractivity contribution in [2.75, 3.05) is 19.8 Å². The summed E-state index contributed by atoms with van der Waals surface area (Å²) in [5.41, 5.74) is 0. The maximum Gasteiger partial charge on any atom is 0.308 e. The number of aliphatic hydroxyl groups is 2.